The summed E-state index contributed by atoms with van der Waals surface area (Å²) in [6.45, 7) is 1.25. The molecule has 1 heterocycles. The Labute approximate surface area is 216 Å². The SMILES string of the molecule is CN(SOc1cc(Cl)c(OCCCCl)c(Cl)c1)c1ccc(OCC2CNS(=O)O2)cc1.S. The molecule has 32 heavy (non-hydrogen) atoms. The predicted molar refractivity (Wildman–Crippen MR) is 137 cm³/mol. The molecule has 0 saturated carbocycles. The van der Waals surface area contributed by atoms with Gasteiger partial charge in [0.15, 0.2) is 18.0 Å². The van der Waals surface area contributed by atoms with Crippen LogP contribution < -0.4 is 22.7 Å². The zero-order valence-electron chi connectivity index (χ0n) is 17.0. The van der Waals surface area contributed by atoms with Crippen LogP contribution in [0.5, 0.6) is 17.2 Å². The first-order valence-electron chi connectivity index (χ1n) is 9.27. The lowest BCUT2D eigenvalue weighted by atomic mass is 10.3. The van der Waals surface area contributed by atoms with Crippen LogP contribution in [-0.4, -0.2) is 43.0 Å². The third-order valence-electron chi connectivity index (χ3n) is 4.03. The van der Waals surface area contributed by atoms with E-state index >= 15 is 0 Å². The van der Waals surface area contributed by atoms with Crippen molar-refractivity contribution in [2.75, 3.05) is 37.0 Å². The number of alkyl halides is 1. The summed E-state index contributed by atoms with van der Waals surface area (Å²) in [4.78, 5) is 0. The molecule has 0 radical (unpaired) electrons. The van der Waals surface area contributed by atoms with Gasteiger partial charge in [0.2, 0.25) is 11.3 Å². The lowest BCUT2D eigenvalue weighted by molar-refractivity contribution is 0.165. The molecule has 1 fully saturated rings. The normalized spacial score (nSPS) is 17.5. The summed E-state index contributed by atoms with van der Waals surface area (Å²) in [5, 5.41) is 0.735. The van der Waals surface area contributed by atoms with E-state index in [1.165, 1.54) is 0 Å². The molecule has 2 aromatic carbocycles. The van der Waals surface area contributed by atoms with Crippen molar-refractivity contribution in [3.05, 3.63) is 46.4 Å². The van der Waals surface area contributed by atoms with E-state index < -0.39 is 11.3 Å². The van der Waals surface area contributed by atoms with Crippen LogP contribution in [0.25, 0.3) is 0 Å². The predicted octanol–water partition coefficient (Wildman–Crippen LogP) is 5.14. The molecule has 2 aromatic rings. The van der Waals surface area contributed by atoms with E-state index in [4.69, 9.17) is 52.6 Å². The van der Waals surface area contributed by atoms with E-state index in [2.05, 4.69) is 4.72 Å². The molecule has 2 unspecified atom stereocenters. The molecule has 2 atom stereocenters. The van der Waals surface area contributed by atoms with Crippen LogP contribution in [0.4, 0.5) is 5.69 Å². The smallest absolute Gasteiger partial charge is 0.234 e. The highest BCUT2D eigenvalue weighted by Crippen LogP contribution is 2.38. The molecule has 1 aliphatic rings. The Morgan fingerprint density at radius 3 is 2.47 bits per heavy atom. The third-order valence-corrected chi connectivity index (χ3v) is 6.41. The van der Waals surface area contributed by atoms with Crippen molar-refractivity contribution in [1.29, 1.82) is 0 Å². The van der Waals surface area contributed by atoms with Crippen molar-refractivity contribution in [3.63, 3.8) is 0 Å². The van der Waals surface area contributed by atoms with Crippen molar-refractivity contribution in [2.45, 2.75) is 12.5 Å². The van der Waals surface area contributed by atoms with E-state index in [0.29, 0.717) is 59.4 Å². The highest BCUT2D eigenvalue weighted by molar-refractivity contribution is 7.96. The summed E-state index contributed by atoms with van der Waals surface area (Å²) in [6, 6.07) is 10.8. The van der Waals surface area contributed by atoms with Crippen molar-refractivity contribution in [3.8, 4) is 17.2 Å². The van der Waals surface area contributed by atoms with Gasteiger partial charge in [-0.1, -0.05) is 23.2 Å². The zero-order valence-corrected chi connectivity index (χ0v) is 21.9. The zero-order chi connectivity index (χ0) is 22.2. The number of hydrogen-bond donors (Lipinski definition) is 1. The number of ether oxygens (including phenoxy) is 2. The van der Waals surface area contributed by atoms with Gasteiger partial charge >= 0.3 is 0 Å². The molecule has 0 spiro atoms. The summed E-state index contributed by atoms with van der Waals surface area (Å²) >= 11 is 17.9. The molecule has 3 rings (SSSR count). The lowest BCUT2D eigenvalue weighted by Gasteiger charge is -2.18. The summed E-state index contributed by atoms with van der Waals surface area (Å²) in [6.07, 6.45) is 0.464. The summed E-state index contributed by atoms with van der Waals surface area (Å²) < 4.78 is 37.8. The van der Waals surface area contributed by atoms with E-state index in [1.807, 2.05) is 35.6 Å². The van der Waals surface area contributed by atoms with Gasteiger partial charge in [-0.15, -0.1) is 11.6 Å². The first-order chi connectivity index (χ1) is 15.0. The van der Waals surface area contributed by atoms with E-state index in [1.54, 1.807) is 12.1 Å². The fourth-order valence-electron chi connectivity index (χ4n) is 2.47. The second kappa shape index (κ2) is 13.9. The molecule has 13 heteroatoms. The average molecular weight is 562 g/mol. The van der Waals surface area contributed by atoms with Crippen molar-refractivity contribution < 1.29 is 22.0 Å². The molecule has 0 bridgehead atoms. The fraction of sp³-hybridized carbons (Fsp3) is 0.368. The number of benzene rings is 2. The van der Waals surface area contributed by atoms with Crippen LogP contribution in [0.15, 0.2) is 36.4 Å². The Kier molecular flexibility index (Phi) is 11.9. The Morgan fingerprint density at radius 2 is 1.88 bits per heavy atom. The lowest BCUT2D eigenvalue weighted by Crippen LogP contribution is -2.21. The third kappa shape index (κ3) is 8.25. The Balaban J connectivity index is 0.00000363. The van der Waals surface area contributed by atoms with Crippen molar-refractivity contribution >= 4 is 77.5 Å². The average Bonchev–Trinajstić information content (AvgIpc) is 3.18. The molecule has 178 valence electrons. The summed E-state index contributed by atoms with van der Waals surface area (Å²) in [5.74, 6) is 2.10. The van der Waals surface area contributed by atoms with E-state index in [9.17, 15) is 4.21 Å². The quantitative estimate of drug-likeness (QED) is 0.176. The van der Waals surface area contributed by atoms with Gasteiger partial charge in [-0.05, 0) is 30.7 Å². The van der Waals surface area contributed by atoms with Gasteiger partial charge in [0.25, 0.3) is 0 Å². The minimum absolute atomic E-state index is 0. The molecule has 0 amide bonds. The monoisotopic (exact) mass is 560 g/mol. The highest BCUT2D eigenvalue weighted by Gasteiger charge is 2.22. The summed E-state index contributed by atoms with van der Waals surface area (Å²) in [5.41, 5.74) is 0.899. The molecule has 1 N–H and O–H groups in total. The van der Waals surface area contributed by atoms with Crippen molar-refractivity contribution in [1.82, 2.24) is 4.72 Å². The minimum Gasteiger partial charge on any atom is -0.491 e. The largest absolute Gasteiger partial charge is 0.491 e. The number of nitrogens with one attached hydrogen (secondary N) is 1. The maximum absolute atomic E-state index is 11.1. The second-order valence-electron chi connectivity index (χ2n) is 6.37. The van der Waals surface area contributed by atoms with E-state index in [-0.39, 0.29) is 19.6 Å². The molecule has 0 aliphatic carbocycles. The van der Waals surface area contributed by atoms with Crippen LogP contribution >= 0.6 is 60.5 Å². The molecule has 7 nitrogen and oxygen atoms in total. The maximum atomic E-state index is 11.1. The molecule has 1 saturated heterocycles. The Bertz CT molecular complexity index is 872. The van der Waals surface area contributed by atoms with Gasteiger partial charge in [-0.25, -0.2) is 8.93 Å². The molecule has 0 aromatic heterocycles. The number of rotatable bonds is 11. The topological polar surface area (TPSA) is 69.3 Å². The van der Waals surface area contributed by atoms with Gasteiger partial charge in [-0.3, -0.25) is 8.49 Å². The first-order valence-corrected chi connectivity index (χ1v) is 12.3. The number of halogens is 3. The van der Waals surface area contributed by atoms with Gasteiger partial charge in [0, 0.05) is 37.3 Å². The molecular formula is C19H23Cl3N2O5S3. The maximum Gasteiger partial charge on any atom is 0.234 e. The van der Waals surface area contributed by atoms with Gasteiger partial charge in [0.05, 0.1) is 16.7 Å². The minimum atomic E-state index is -1.43. The Morgan fingerprint density at radius 1 is 1.19 bits per heavy atom. The van der Waals surface area contributed by atoms with Crippen LogP contribution in [0.2, 0.25) is 10.0 Å². The van der Waals surface area contributed by atoms with Crippen LogP contribution in [0.3, 0.4) is 0 Å². The fourth-order valence-corrected chi connectivity index (χ4v) is 4.42. The van der Waals surface area contributed by atoms with Crippen molar-refractivity contribution in [2.24, 2.45) is 0 Å². The first kappa shape index (κ1) is 27.5. The van der Waals surface area contributed by atoms with Crippen LogP contribution in [-0.2, 0) is 15.4 Å². The van der Waals surface area contributed by atoms with Crippen LogP contribution in [0.1, 0.15) is 6.42 Å². The number of nitrogens with zero attached hydrogens (tertiary/aromatic N) is 1. The molecular weight excluding hydrogens is 539 g/mol. The van der Waals surface area contributed by atoms with E-state index in [0.717, 1.165) is 17.9 Å². The summed E-state index contributed by atoms with van der Waals surface area (Å²) in [7, 11) is 1.86. The van der Waals surface area contributed by atoms with Crippen LogP contribution in [0, 0.1) is 0 Å². The standard InChI is InChI=1S/C19H21Cl3N2O5S2.H2S/c1-24(13-3-5-14(6-4-13)27-12-16-11-23-31(25)29-16)30-28-15-9-17(21)19(18(22)10-15)26-8-2-7-20;/h3-6,9-10,16,23H,2,7-8,11-12H2,1H3;1H2. The molecule has 1 aliphatic heterocycles. The number of anilines is 1. The second-order valence-corrected chi connectivity index (χ2v) is 9.38. The van der Waals surface area contributed by atoms with Gasteiger partial charge in [0.1, 0.15) is 24.2 Å². The number of hydrogen-bond acceptors (Lipinski definition) is 7. The Hall–Kier alpha value is -0.720. The van der Waals surface area contributed by atoms with Gasteiger partial charge in [-0.2, -0.15) is 13.5 Å². The van der Waals surface area contributed by atoms with Gasteiger partial charge < -0.3 is 13.7 Å². The highest BCUT2D eigenvalue weighted by atomic mass is 35.5.